The van der Waals surface area contributed by atoms with Gasteiger partial charge in [0.05, 0.1) is 6.61 Å². The Morgan fingerprint density at radius 2 is 1.89 bits per heavy atom. The Kier molecular flexibility index (Phi) is 7.01. The number of ether oxygens (including phenoxy) is 2. The number of carbonyl (C=O) groups is 2. The molecule has 0 aliphatic heterocycles. The van der Waals surface area contributed by atoms with E-state index in [1.54, 1.807) is 33.1 Å². The van der Waals surface area contributed by atoms with Gasteiger partial charge in [-0.2, -0.15) is 0 Å². The van der Waals surface area contributed by atoms with Gasteiger partial charge >= 0.3 is 5.97 Å². The molecule has 1 atom stereocenters. The van der Waals surface area contributed by atoms with Gasteiger partial charge in [0.15, 0.2) is 6.61 Å². The summed E-state index contributed by atoms with van der Waals surface area (Å²) in [4.78, 5) is 23.4. The van der Waals surface area contributed by atoms with E-state index in [4.69, 9.17) is 19.0 Å². The van der Waals surface area contributed by atoms with E-state index in [0.29, 0.717) is 28.2 Å². The number of furan rings is 1. The first-order chi connectivity index (χ1) is 12.8. The Morgan fingerprint density at radius 1 is 1.22 bits per heavy atom. The highest BCUT2D eigenvalue weighted by molar-refractivity contribution is 5.95. The molecule has 0 saturated carbocycles. The van der Waals surface area contributed by atoms with Crippen molar-refractivity contribution >= 4 is 11.9 Å². The lowest BCUT2D eigenvalue weighted by Crippen LogP contribution is -2.31. The summed E-state index contributed by atoms with van der Waals surface area (Å²) >= 11 is 0. The number of nitrogens with one attached hydrogen (secondary N) is 1. The first-order valence-electron chi connectivity index (χ1n) is 8.70. The van der Waals surface area contributed by atoms with Gasteiger partial charge in [0, 0.05) is 19.1 Å². The molecule has 7 nitrogen and oxygen atoms in total. The number of carboxylic acid groups (broad SMARTS) is 1. The summed E-state index contributed by atoms with van der Waals surface area (Å²) in [5.41, 5.74) is 1.84. The third-order valence-electron chi connectivity index (χ3n) is 4.08. The van der Waals surface area contributed by atoms with Gasteiger partial charge in [-0.25, -0.2) is 4.79 Å². The second-order valence-electron chi connectivity index (χ2n) is 6.26. The minimum absolute atomic E-state index is 0.275. The van der Waals surface area contributed by atoms with E-state index in [-0.39, 0.29) is 12.5 Å². The van der Waals surface area contributed by atoms with Crippen LogP contribution in [-0.4, -0.2) is 37.3 Å². The molecule has 0 bridgehead atoms. The van der Waals surface area contributed by atoms with Crippen molar-refractivity contribution in [2.75, 3.05) is 20.3 Å². The van der Waals surface area contributed by atoms with Crippen molar-refractivity contribution in [2.45, 2.75) is 33.2 Å². The van der Waals surface area contributed by atoms with Crippen molar-refractivity contribution < 1.29 is 28.6 Å². The van der Waals surface area contributed by atoms with E-state index in [1.807, 2.05) is 19.1 Å². The predicted octanol–water partition coefficient (Wildman–Crippen LogP) is 3.04. The second kappa shape index (κ2) is 9.23. The Morgan fingerprint density at radius 3 is 2.41 bits per heavy atom. The van der Waals surface area contributed by atoms with Crippen LogP contribution in [0.1, 0.15) is 46.0 Å². The van der Waals surface area contributed by atoms with E-state index in [1.165, 1.54) is 0 Å². The lowest BCUT2D eigenvalue weighted by atomic mass is 10.0. The SMILES string of the molecule is CCc1ccc(C(COC)NC(=O)c2cc(C)c(OCC(=O)O)c(C)c2)o1. The zero-order chi connectivity index (χ0) is 20.0. The third kappa shape index (κ3) is 5.34. The van der Waals surface area contributed by atoms with Crippen molar-refractivity contribution in [2.24, 2.45) is 0 Å². The summed E-state index contributed by atoms with van der Waals surface area (Å²) in [5.74, 6) is 0.621. The zero-order valence-electron chi connectivity index (χ0n) is 16.0. The maximum absolute atomic E-state index is 12.7. The molecule has 27 heavy (non-hydrogen) atoms. The molecule has 0 radical (unpaired) electrons. The minimum atomic E-state index is -1.05. The largest absolute Gasteiger partial charge is 0.481 e. The topological polar surface area (TPSA) is 98.0 Å². The smallest absolute Gasteiger partial charge is 0.341 e. The summed E-state index contributed by atoms with van der Waals surface area (Å²) in [5, 5.41) is 11.7. The highest BCUT2D eigenvalue weighted by atomic mass is 16.5. The number of methoxy groups -OCH3 is 1. The first kappa shape index (κ1) is 20.5. The van der Waals surface area contributed by atoms with E-state index in [9.17, 15) is 9.59 Å². The molecule has 1 aromatic heterocycles. The van der Waals surface area contributed by atoms with Crippen LogP contribution in [0.5, 0.6) is 5.75 Å². The molecule has 0 aliphatic carbocycles. The molecule has 2 aromatic rings. The molecule has 1 heterocycles. The number of hydrogen-bond acceptors (Lipinski definition) is 5. The van der Waals surface area contributed by atoms with Gasteiger partial charge in [-0.3, -0.25) is 4.79 Å². The third-order valence-corrected chi connectivity index (χ3v) is 4.08. The number of carbonyl (C=O) groups excluding carboxylic acids is 1. The van der Waals surface area contributed by atoms with Gasteiger partial charge < -0.3 is 24.3 Å². The maximum atomic E-state index is 12.7. The Balaban J connectivity index is 2.18. The van der Waals surface area contributed by atoms with E-state index < -0.39 is 18.6 Å². The molecular weight excluding hydrogens is 350 g/mol. The van der Waals surface area contributed by atoms with Crippen LogP contribution in [0.15, 0.2) is 28.7 Å². The molecule has 0 fully saturated rings. The summed E-state index contributed by atoms with van der Waals surface area (Å²) in [6.45, 7) is 5.38. The quantitative estimate of drug-likeness (QED) is 0.699. The van der Waals surface area contributed by atoms with E-state index in [2.05, 4.69) is 5.32 Å². The molecule has 1 amide bonds. The molecule has 1 unspecified atom stereocenters. The van der Waals surface area contributed by atoms with Gasteiger partial charge in [0.2, 0.25) is 0 Å². The van der Waals surface area contributed by atoms with Crippen molar-refractivity contribution in [3.05, 3.63) is 52.5 Å². The van der Waals surface area contributed by atoms with Crippen LogP contribution in [0.4, 0.5) is 0 Å². The molecular formula is C20H25NO6. The van der Waals surface area contributed by atoms with E-state index in [0.717, 1.165) is 12.2 Å². The molecule has 0 aliphatic rings. The van der Waals surface area contributed by atoms with Crippen LogP contribution in [0, 0.1) is 13.8 Å². The van der Waals surface area contributed by atoms with Gasteiger partial charge in [-0.15, -0.1) is 0 Å². The second-order valence-corrected chi connectivity index (χ2v) is 6.26. The fourth-order valence-corrected chi connectivity index (χ4v) is 2.82. The number of hydrogen-bond donors (Lipinski definition) is 2. The molecule has 2 N–H and O–H groups in total. The van der Waals surface area contributed by atoms with Crippen LogP contribution in [0.2, 0.25) is 0 Å². The van der Waals surface area contributed by atoms with Crippen molar-refractivity contribution in [1.82, 2.24) is 5.32 Å². The standard InChI is InChI=1S/C20H25NO6/c1-5-15-6-7-17(27-15)16(10-25-4)21-20(24)14-8-12(2)19(13(3)9-14)26-11-18(22)23/h6-9,16H,5,10-11H2,1-4H3,(H,21,24)(H,22,23). The number of benzene rings is 1. The summed E-state index contributed by atoms with van der Waals surface area (Å²) in [6.07, 6.45) is 0.768. The number of aliphatic carboxylic acids is 1. The van der Waals surface area contributed by atoms with Crippen molar-refractivity contribution in [1.29, 1.82) is 0 Å². The maximum Gasteiger partial charge on any atom is 0.341 e. The average molecular weight is 375 g/mol. The Hall–Kier alpha value is -2.80. The lowest BCUT2D eigenvalue weighted by molar-refractivity contribution is -0.139. The first-order valence-corrected chi connectivity index (χ1v) is 8.70. The summed E-state index contributed by atoms with van der Waals surface area (Å²) in [6, 6.07) is 6.65. The van der Waals surface area contributed by atoms with Gasteiger partial charge in [0.1, 0.15) is 23.3 Å². The monoisotopic (exact) mass is 375 g/mol. The molecule has 7 heteroatoms. The fourth-order valence-electron chi connectivity index (χ4n) is 2.82. The normalized spacial score (nSPS) is 11.9. The lowest BCUT2D eigenvalue weighted by Gasteiger charge is -2.17. The van der Waals surface area contributed by atoms with Gasteiger partial charge in [-0.1, -0.05) is 6.92 Å². The van der Waals surface area contributed by atoms with E-state index >= 15 is 0 Å². The van der Waals surface area contributed by atoms with Crippen molar-refractivity contribution in [3.8, 4) is 5.75 Å². The zero-order valence-corrected chi connectivity index (χ0v) is 16.0. The summed E-state index contributed by atoms with van der Waals surface area (Å²) < 4.78 is 16.2. The van der Waals surface area contributed by atoms with Gasteiger partial charge in [-0.05, 0) is 49.2 Å². The molecule has 0 spiro atoms. The number of rotatable bonds is 9. The number of carboxylic acids is 1. The van der Waals surface area contributed by atoms with Crippen LogP contribution >= 0.6 is 0 Å². The Labute approximate surface area is 158 Å². The highest BCUT2D eigenvalue weighted by Crippen LogP contribution is 2.25. The fraction of sp³-hybridized carbons (Fsp3) is 0.400. The number of aryl methyl sites for hydroxylation is 3. The van der Waals surface area contributed by atoms with Crippen LogP contribution in [-0.2, 0) is 16.0 Å². The summed E-state index contributed by atoms with van der Waals surface area (Å²) in [7, 11) is 1.56. The predicted molar refractivity (Wildman–Crippen MR) is 99.2 cm³/mol. The van der Waals surface area contributed by atoms with Crippen LogP contribution < -0.4 is 10.1 Å². The van der Waals surface area contributed by atoms with Crippen molar-refractivity contribution in [3.63, 3.8) is 0 Å². The van der Waals surface area contributed by atoms with Crippen LogP contribution in [0.25, 0.3) is 0 Å². The van der Waals surface area contributed by atoms with Gasteiger partial charge in [0.25, 0.3) is 5.91 Å². The molecule has 146 valence electrons. The Bertz CT molecular complexity index is 788. The average Bonchev–Trinajstić information content (AvgIpc) is 3.09. The highest BCUT2D eigenvalue weighted by Gasteiger charge is 2.20. The molecule has 2 rings (SSSR count). The molecule has 0 saturated heterocycles. The number of amides is 1. The van der Waals surface area contributed by atoms with Crippen LogP contribution in [0.3, 0.4) is 0 Å². The minimum Gasteiger partial charge on any atom is -0.481 e. The molecule has 1 aromatic carbocycles.